The molecule has 23 heavy (non-hydrogen) atoms. The van der Waals surface area contributed by atoms with Gasteiger partial charge in [0.2, 0.25) is 0 Å². The lowest BCUT2D eigenvalue weighted by Gasteiger charge is -2.21. The minimum absolute atomic E-state index is 0.0542. The van der Waals surface area contributed by atoms with Gasteiger partial charge in [0, 0.05) is 24.6 Å². The molecule has 1 aromatic carbocycles. The summed E-state index contributed by atoms with van der Waals surface area (Å²) in [5.74, 6) is -0.0712. The SMILES string of the molecule is Cc1cc(C)c([N+](=O)[O-])cc1N1CCC(OC2CCCC2)C1=O. The second-order valence-electron chi connectivity index (χ2n) is 6.49. The molecule has 1 amide bonds. The summed E-state index contributed by atoms with van der Waals surface area (Å²) in [5, 5.41) is 11.2. The van der Waals surface area contributed by atoms with Gasteiger partial charge < -0.3 is 9.64 Å². The highest BCUT2D eigenvalue weighted by molar-refractivity contribution is 5.99. The predicted molar refractivity (Wildman–Crippen MR) is 86.7 cm³/mol. The molecule has 0 aromatic heterocycles. The highest BCUT2D eigenvalue weighted by Crippen LogP contribution is 2.33. The normalized spacial score (nSPS) is 22.1. The molecule has 0 N–H and O–H groups in total. The highest BCUT2D eigenvalue weighted by atomic mass is 16.6. The molecule has 0 radical (unpaired) electrons. The molecular weight excluding hydrogens is 296 g/mol. The lowest BCUT2D eigenvalue weighted by Crippen LogP contribution is -2.33. The zero-order valence-corrected chi connectivity index (χ0v) is 13.6. The molecule has 1 saturated heterocycles. The quantitative estimate of drug-likeness (QED) is 0.631. The second kappa shape index (κ2) is 6.28. The van der Waals surface area contributed by atoms with E-state index >= 15 is 0 Å². The molecule has 1 heterocycles. The first-order valence-corrected chi connectivity index (χ1v) is 8.20. The number of benzene rings is 1. The van der Waals surface area contributed by atoms with Gasteiger partial charge in [-0.05, 0) is 38.3 Å². The van der Waals surface area contributed by atoms with E-state index in [4.69, 9.17) is 4.74 Å². The molecule has 3 rings (SSSR count). The number of nitrogens with zero attached hydrogens (tertiary/aromatic N) is 2. The molecule has 2 aliphatic rings. The zero-order valence-electron chi connectivity index (χ0n) is 13.6. The number of hydrogen-bond acceptors (Lipinski definition) is 4. The summed E-state index contributed by atoms with van der Waals surface area (Å²) in [6.07, 6.45) is 4.82. The van der Waals surface area contributed by atoms with Crippen LogP contribution in [0.4, 0.5) is 11.4 Å². The third-order valence-corrected chi connectivity index (χ3v) is 4.82. The number of carbonyl (C=O) groups excluding carboxylic acids is 1. The fourth-order valence-corrected chi connectivity index (χ4v) is 3.59. The van der Waals surface area contributed by atoms with Crippen LogP contribution >= 0.6 is 0 Å². The summed E-state index contributed by atoms with van der Waals surface area (Å²) in [6.45, 7) is 4.15. The minimum atomic E-state index is -0.405. The van der Waals surface area contributed by atoms with Crippen molar-refractivity contribution in [3.63, 3.8) is 0 Å². The molecule has 1 atom stereocenters. The molecule has 0 spiro atoms. The van der Waals surface area contributed by atoms with E-state index in [9.17, 15) is 14.9 Å². The van der Waals surface area contributed by atoms with Gasteiger partial charge in [-0.25, -0.2) is 0 Å². The minimum Gasteiger partial charge on any atom is -0.365 e. The first-order chi connectivity index (χ1) is 11.0. The van der Waals surface area contributed by atoms with Crippen molar-refractivity contribution in [2.75, 3.05) is 11.4 Å². The molecule has 1 aliphatic carbocycles. The maximum Gasteiger partial charge on any atom is 0.274 e. The van der Waals surface area contributed by atoms with Crippen LogP contribution in [0, 0.1) is 24.0 Å². The smallest absolute Gasteiger partial charge is 0.274 e. The van der Waals surface area contributed by atoms with E-state index < -0.39 is 11.0 Å². The van der Waals surface area contributed by atoms with Crippen LogP contribution < -0.4 is 4.90 Å². The Balaban J connectivity index is 1.80. The molecule has 124 valence electrons. The number of nitro groups is 1. The average Bonchev–Trinajstić information content (AvgIpc) is 3.11. The van der Waals surface area contributed by atoms with Gasteiger partial charge in [0.25, 0.3) is 11.6 Å². The van der Waals surface area contributed by atoms with Crippen molar-refractivity contribution in [1.29, 1.82) is 0 Å². The van der Waals surface area contributed by atoms with Crippen LogP contribution in [0.25, 0.3) is 0 Å². The van der Waals surface area contributed by atoms with E-state index in [1.54, 1.807) is 17.9 Å². The van der Waals surface area contributed by atoms with E-state index in [0.29, 0.717) is 24.2 Å². The van der Waals surface area contributed by atoms with Gasteiger partial charge in [-0.1, -0.05) is 12.8 Å². The lowest BCUT2D eigenvalue weighted by atomic mass is 10.1. The van der Waals surface area contributed by atoms with E-state index in [-0.39, 0.29) is 17.7 Å². The highest BCUT2D eigenvalue weighted by Gasteiger charge is 2.36. The number of ether oxygens (including phenoxy) is 1. The Labute approximate surface area is 135 Å². The third kappa shape index (κ3) is 3.08. The van der Waals surface area contributed by atoms with Gasteiger partial charge in [0.15, 0.2) is 0 Å². The van der Waals surface area contributed by atoms with Crippen LogP contribution in [0.5, 0.6) is 0 Å². The lowest BCUT2D eigenvalue weighted by molar-refractivity contribution is -0.385. The molecule has 1 unspecified atom stereocenters. The number of hydrogen-bond donors (Lipinski definition) is 0. The van der Waals surface area contributed by atoms with Crippen molar-refractivity contribution >= 4 is 17.3 Å². The zero-order chi connectivity index (χ0) is 16.6. The third-order valence-electron chi connectivity index (χ3n) is 4.82. The van der Waals surface area contributed by atoms with Crippen molar-refractivity contribution in [2.24, 2.45) is 0 Å². The van der Waals surface area contributed by atoms with Crippen molar-refractivity contribution in [3.05, 3.63) is 33.4 Å². The second-order valence-corrected chi connectivity index (χ2v) is 6.49. The van der Waals surface area contributed by atoms with Crippen molar-refractivity contribution in [3.8, 4) is 0 Å². The predicted octanol–water partition coefficient (Wildman–Crippen LogP) is 3.28. The first-order valence-electron chi connectivity index (χ1n) is 8.20. The Morgan fingerprint density at radius 1 is 1.17 bits per heavy atom. The number of rotatable bonds is 4. The maximum atomic E-state index is 12.6. The van der Waals surface area contributed by atoms with E-state index in [1.807, 2.05) is 6.92 Å². The van der Waals surface area contributed by atoms with Gasteiger partial charge in [-0.15, -0.1) is 0 Å². The fourth-order valence-electron chi connectivity index (χ4n) is 3.59. The van der Waals surface area contributed by atoms with Gasteiger partial charge in [0.1, 0.15) is 6.10 Å². The summed E-state index contributed by atoms with van der Waals surface area (Å²) < 4.78 is 5.95. The van der Waals surface area contributed by atoms with Crippen LogP contribution in [0.1, 0.15) is 43.2 Å². The Kier molecular flexibility index (Phi) is 4.35. The van der Waals surface area contributed by atoms with E-state index in [0.717, 1.165) is 18.4 Å². The standard InChI is InChI=1S/C17H22N2O4/c1-11-9-12(2)15(19(21)22)10-14(11)18-8-7-16(17(18)20)23-13-5-3-4-6-13/h9-10,13,16H,3-8H2,1-2H3. The number of nitro benzene ring substituents is 1. The Hall–Kier alpha value is -1.95. The Morgan fingerprint density at radius 2 is 1.87 bits per heavy atom. The van der Waals surface area contributed by atoms with Gasteiger partial charge in [-0.2, -0.15) is 0 Å². The first kappa shape index (κ1) is 15.9. The Morgan fingerprint density at radius 3 is 2.52 bits per heavy atom. The summed E-state index contributed by atoms with van der Waals surface area (Å²) in [7, 11) is 0. The van der Waals surface area contributed by atoms with Crippen molar-refractivity contribution < 1.29 is 14.5 Å². The molecule has 6 nitrogen and oxygen atoms in total. The van der Waals surface area contributed by atoms with Crippen LogP contribution in [-0.4, -0.2) is 29.6 Å². The van der Waals surface area contributed by atoms with E-state index in [1.165, 1.54) is 18.9 Å². The number of carbonyl (C=O) groups is 1. The van der Waals surface area contributed by atoms with Gasteiger partial charge >= 0.3 is 0 Å². The number of anilines is 1. The van der Waals surface area contributed by atoms with Crippen LogP contribution in [0.3, 0.4) is 0 Å². The summed E-state index contributed by atoms with van der Waals surface area (Å²) in [4.78, 5) is 25.0. The maximum absolute atomic E-state index is 12.6. The molecule has 1 saturated carbocycles. The molecule has 2 fully saturated rings. The Bertz CT molecular complexity index is 638. The molecule has 1 aliphatic heterocycles. The van der Waals surface area contributed by atoms with Crippen LogP contribution in [-0.2, 0) is 9.53 Å². The molecule has 1 aromatic rings. The molecular formula is C17H22N2O4. The summed E-state index contributed by atoms with van der Waals surface area (Å²) in [5.41, 5.74) is 2.17. The van der Waals surface area contributed by atoms with Crippen molar-refractivity contribution in [2.45, 2.75) is 58.2 Å². The average molecular weight is 318 g/mol. The molecule has 0 bridgehead atoms. The van der Waals surface area contributed by atoms with Gasteiger partial charge in [-0.3, -0.25) is 14.9 Å². The van der Waals surface area contributed by atoms with Gasteiger partial charge in [0.05, 0.1) is 16.7 Å². The topological polar surface area (TPSA) is 72.7 Å². The monoisotopic (exact) mass is 318 g/mol. The number of aryl methyl sites for hydroxylation is 2. The van der Waals surface area contributed by atoms with Crippen LogP contribution in [0.15, 0.2) is 12.1 Å². The number of amides is 1. The largest absolute Gasteiger partial charge is 0.365 e. The van der Waals surface area contributed by atoms with E-state index in [2.05, 4.69) is 0 Å². The summed E-state index contributed by atoms with van der Waals surface area (Å²) in [6, 6.07) is 3.28. The fraction of sp³-hybridized carbons (Fsp3) is 0.588. The molecule has 6 heteroatoms. The summed E-state index contributed by atoms with van der Waals surface area (Å²) >= 11 is 0. The van der Waals surface area contributed by atoms with Crippen LogP contribution in [0.2, 0.25) is 0 Å². The van der Waals surface area contributed by atoms with Crippen molar-refractivity contribution in [1.82, 2.24) is 0 Å².